The lowest BCUT2D eigenvalue weighted by Crippen LogP contribution is -2.37. The quantitative estimate of drug-likeness (QED) is 0.435. The van der Waals surface area contributed by atoms with Gasteiger partial charge in [0.2, 0.25) is 11.8 Å². The summed E-state index contributed by atoms with van der Waals surface area (Å²) < 4.78 is 0. The van der Waals surface area contributed by atoms with Gasteiger partial charge in [-0.05, 0) is 18.9 Å². The smallest absolute Gasteiger partial charge is 0.251 e. The summed E-state index contributed by atoms with van der Waals surface area (Å²) in [6.45, 7) is 4.19. The summed E-state index contributed by atoms with van der Waals surface area (Å²) in [7, 11) is 0. The Morgan fingerprint density at radius 1 is 1.14 bits per heavy atom. The molecule has 0 saturated carbocycles. The van der Waals surface area contributed by atoms with E-state index in [2.05, 4.69) is 17.2 Å². The number of aldehydes is 1. The number of carbonyl (C=O) groups is 4. The van der Waals surface area contributed by atoms with Gasteiger partial charge in [0.1, 0.15) is 6.29 Å². The molecule has 0 radical (unpaired) electrons. The Kier molecular flexibility index (Phi) is 7.60. The number of carbonyl (C=O) groups excluding carboxylic acids is 4. The Balaban J connectivity index is 2.03. The number of rotatable bonds is 10. The van der Waals surface area contributed by atoms with Crippen LogP contribution in [0.15, 0.2) is 24.4 Å². The predicted molar refractivity (Wildman–Crippen MR) is 80.5 cm³/mol. The molecule has 1 aliphatic heterocycles. The maximum absolute atomic E-state index is 11.5. The zero-order valence-corrected chi connectivity index (χ0v) is 12.5. The van der Waals surface area contributed by atoms with Crippen molar-refractivity contribution in [1.82, 2.24) is 15.5 Å². The first-order valence-corrected chi connectivity index (χ1v) is 7.20. The summed E-state index contributed by atoms with van der Waals surface area (Å²) in [6, 6.07) is 0. The molecule has 0 atom stereocenters. The van der Waals surface area contributed by atoms with Crippen molar-refractivity contribution in [2.45, 2.75) is 25.7 Å². The van der Waals surface area contributed by atoms with Gasteiger partial charge in [0.15, 0.2) is 0 Å². The van der Waals surface area contributed by atoms with E-state index < -0.39 is 0 Å². The molecule has 0 aromatic carbocycles. The summed E-state index contributed by atoms with van der Waals surface area (Å²) in [5, 5.41) is 4.81. The molecular formula is C15H21N3O4. The third-order valence-electron chi connectivity index (χ3n) is 3.15. The second-order valence-electron chi connectivity index (χ2n) is 4.87. The molecule has 0 unspecified atom stereocenters. The number of nitrogens with one attached hydrogen (secondary N) is 2. The topological polar surface area (TPSA) is 95.6 Å². The third-order valence-corrected chi connectivity index (χ3v) is 3.15. The van der Waals surface area contributed by atoms with E-state index in [9.17, 15) is 19.2 Å². The van der Waals surface area contributed by atoms with E-state index in [0.29, 0.717) is 31.4 Å². The average molecular weight is 307 g/mol. The van der Waals surface area contributed by atoms with E-state index in [1.165, 1.54) is 6.08 Å². The van der Waals surface area contributed by atoms with Crippen molar-refractivity contribution in [2.24, 2.45) is 0 Å². The van der Waals surface area contributed by atoms with Crippen LogP contribution in [0.2, 0.25) is 0 Å². The third kappa shape index (κ3) is 6.34. The fourth-order valence-corrected chi connectivity index (χ4v) is 1.96. The molecule has 1 heterocycles. The minimum atomic E-state index is -0.390. The molecule has 0 saturated heterocycles. The van der Waals surface area contributed by atoms with Gasteiger partial charge in [-0.3, -0.25) is 14.4 Å². The molecule has 1 aliphatic rings. The van der Waals surface area contributed by atoms with Crippen LogP contribution < -0.4 is 10.6 Å². The molecule has 1 rings (SSSR count). The highest BCUT2D eigenvalue weighted by molar-refractivity contribution is 5.93. The van der Waals surface area contributed by atoms with Gasteiger partial charge in [0, 0.05) is 24.7 Å². The van der Waals surface area contributed by atoms with Crippen LogP contribution in [-0.4, -0.2) is 48.5 Å². The number of nitrogens with zero attached hydrogens (tertiary/aromatic N) is 1. The fraction of sp³-hybridized carbons (Fsp3) is 0.467. The van der Waals surface area contributed by atoms with Crippen molar-refractivity contribution in [3.63, 3.8) is 0 Å². The minimum absolute atomic E-state index is 0.0515. The lowest BCUT2D eigenvalue weighted by molar-refractivity contribution is -0.126. The van der Waals surface area contributed by atoms with Crippen LogP contribution in [0.4, 0.5) is 0 Å². The van der Waals surface area contributed by atoms with Crippen molar-refractivity contribution in [3.05, 3.63) is 24.4 Å². The van der Waals surface area contributed by atoms with E-state index >= 15 is 0 Å². The number of allylic oxidation sites excluding steroid dienone is 1. The number of unbranched alkanes of at least 4 members (excludes halogenated alkanes) is 2. The van der Waals surface area contributed by atoms with Crippen molar-refractivity contribution in [1.29, 1.82) is 0 Å². The summed E-state index contributed by atoms with van der Waals surface area (Å²) in [5.74, 6) is -0.646. The van der Waals surface area contributed by atoms with Crippen LogP contribution in [0, 0.1) is 0 Å². The number of hydrogen-bond acceptors (Lipinski definition) is 4. The first-order valence-electron chi connectivity index (χ1n) is 7.20. The van der Waals surface area contributed by atoms with Crippen molar-refractivity contribution >= 4 is 24.0 Å². The van der Waals surface area contributed by atoms with Crippen molar-refractivity contribution in [2.75, 3.05) is 19.6 Å². The van der Waals surface area contributed by atoms with Crippen LogP contribution in [-0.2, 0) is 19.2 Å². The van der Waals surface area contributed by atoms with E-state index in [0.717, 1.165) is 12.8 Å². The monoisotopic (exact) mass is 307 g/mol. The van der Waals surface area contributed by atoms with Gasteiger partial charge in [-0.25, -0.2) is 0 Å². The minimum Gasteiger partial charge on any atom is -0.348 e. The SMILES string of the molecule is C=C1C=CC(=O)N1CCCCCC(=O)NCC(=O)NCC=O. The zero-order chi connectivity index (χ0) is 16.4. The molecule has 0 aromatic heterocycles. The van der Waals surface area contributed by atoms with Crippen LogP contribution in [0.3, 0.4) is 0 Å². The molecule has 0 aliphatic carbocycles. The van der Waals surface area contributed by atoms with Crippen molar-refractivity contribution < 1.29 is 19.2 Å². The highest BCUT2D eigenvalue weighted by atomic mass is 16.2. The highest BCUT2D eigenvalue weighted by Crippen LogP contribution is 2.14. The molecule has 0 bridgehead atoms. The first-order chi connectivity index (χ1) is 10.5. The van der Waals surface area contributed by atoms with Gasteiger partial charge in [-0.15, -0.1) is 0 Å². The zero-order valence-electron chi connectivity index (χ0n) is 12.5. The summed E-state index contributed by atoms with van der Waals surface area (Å²) in [5.41, 5.74) is 0.698. The molecule has 0 fully saturated rings. The molecule has 22 heavy (non-hydrogen) atoms. The maximum atomic E-state index is 11.5. The molecule has 2 N–H and O–H groups in total. The lowest BCUT2D eigenvalue weighted by Gasteiger charge is -2.16. The summed E-state index contributed by atoms with van der Waals surface area (Å²) >= 11 is 0. The van der Waals surface area contributed by atoms with Gasteiger partial charge in [0.05, 0.1) is 13.1 Å². The average Bonchev–Trinajstić information content (AvgIpc) is 2.82. The second kappa shape index (κ2) is 9.49. The van der Waals surface area contributed by atoms with E-state index in [4.69, 9.17) is 0 Å². The Labute approximate surface area is 129 Å². The Bertz CT molecular complexity index is 467. The van der Waals surface area contributed by atoms with Gasteiger partial charge in [-0.1, -0.05) is 13.0 Å². The summed E-state index contributed by atoms with van der Waals surface area (Å²) in [4.78, 5) is 45.7. The number of amides is 3. The highest BCUT2D eigenvalue weighted by Gasteiger charge is 2.17. The Morgan fingerprint density at radius 2 is 1.91 bits per heavy atom. The fourth-order valence-electron chi connectivity index (χ4n) is 1.96. The van der Waals surface area contributed by atoms with E-state index in [-0.39, 0.29) is 30.8 Å². The summed E-state index contributed by atoms with van der Waals surface area (Å²) in [6.07, 6.45) is 6.37. The maximum Gasteiger partial charge on any atom is 0.251 e. The van der Waals surface area contributed by atoms with E-state index in [1.807, 2.05) is 0 Å². The molecule has 7 heteroatoms. The largest absolute Gasteiger partial charge is 0.348 e. The van der Waals surface area contributed by atoms with Crippen LogP contribution >= 0.6 is 0 Å². The molecule has 0 aromatic rings. The molecule has 7 nitrogen and oxygen atoms in total. The number of hydrogen-bond donors (Lipinski definition) is 2. The molecule has 0 spiro atoms. The van der Waals surface area contributed by atoms with E-state index in [1.54, 1.807) is 11.0 Å². The van der Waals surface area contributed by atoms with Gasteiger partial charge < -0.3 is 20.3 Å². The predicted octanol–water partition coefficient (Wildman–Crippen LogP) is -0.110. The van der Waals surface area contributed by atoms with Crippen molar-refractivity contribution in [3.8, 4) is 0 Å². The van der Waals surface area contributed by atoms with Crippen LogP contribution in [0.5, 0.6) is 0 Å². The van der Waals surface area contributed by atoms with Gasteiger partial charge >= 0.3 is 0 Å². The van der Waals surface area contributed by atoms with Gasteiger partial charge in [0.25, 0.3) is 5.91 Å². The molecular weight excluding hydrogens is 286 g/mol. The first kappa shape index (κ1) is 17.6. The standard InChI is InChI=1S/C15H21N3O4/c1-12-6-7-15(22)18(12)9-4-2-3-5-13(20)17-11-14(21)16-8-10-19/h6-7,10H,1-5,8-9,11H2,(H,16,21)(H,17,20). The second-order valence-corrected chi connectivity index (χ2v) is 4.87. The Hall–Kier alpha value is -2.44. The van der Waals surface area contributed by atoms with Gasteiger partial charge in [-0.2, -0.15) is 0 Å². The normalized spacial score (nSPS) is 13.4. The van der Waals surface area contributed by atoms with Crippen LogP contribution in [0.1, 0.15) is 25.7 Å². The molecule has 3 amide bonds. The van der Waals surface area contributed by atoms with Crippen LogP contribution in [0.25, 0.3) is 0 Å². The Morgan fingerprint density at radius 3 is 2.55 bits per heavy atom. The lowest BCUT2D eigenvalue weighted by atomic mass is 10.2. The molecule has 120 valence electrons.